The van der Waals surface area contributed by atoms with Crippen LogP contribution in [0.1, 0.15) is 78.2 Å². The highest BCUT2D eigenvalue weighted by Gasteiger charge is 2.48. The van der Waals surface area contributed by atoms with Crippen molar-refractivity contribution in [2.24, 2.45) is 10.8 Å². The van der Waals surface area contributed by atoms with Gasteiger partial charge in [0.05, 0.1) is 6.61 Å². The average molecular weight is 500 g/mol. The third-order valence-electron chi connectivity index (χ3n) is 6.92. The Morgan fingerprint density at radius 1 is 0.969 bits per heavy atom. The van der Waals surface area contributed by atoms with Crippen LogP contribution < -0.4 is 4.74 Å². The van der Waals surface area contributed by atoms with E-state index < -0.39 is 0 Å². The maximum atomic E-state index is 13.6. The molecule has 32 heavy (non-hydrogen) atoms. The minimum Gasteiger partial charge on any atom is -0.493 e. The highest BCUT2D eigenvalue weighted by molar-refractivity contribution is 9.10. The van der Waals surface area contributed by atoms with E-state index in [4.69, 9.17) is 4.74 Å². The second-order valence-electron chi connectivity index (χ2n) is 11.1. The maximum absolute atomic E-state index is 13.6. The largest absolute Gasteiger partial charge is 0.493 e. The molecule has 1 aromatic rings. The fourth-order valence-electron chi connectivity index (χ4n) is 5.56. The fourth-order valence-corrected chi connectivity index (χ4v) is 5.94. The number of carbonyl (C=O) groups excluding carboxylic acids is 2. The number of Topliss-reactive ketones (excluding diaryl/α,β-unsaturated/α-hetero) is 2. The van der Waals surface area contributed by atoms with Crippen LogP contribution in [0.2, 0.25) is 0 Å². The Bertz CT molecular complexity index is 993. The Kier molecular flexibility index (Phi) is 5.94. The van der Waals surface area contributed by atoms with Crippen molar-refractivity contribution in [3.05, 3.63) is 50.8 Å². The van der Waals surface area contributed by atoms with Gasteiger partial charge >= 0.3 is 0 Å². The quantitative estimate of drug-likeness (QED) is 0.470. The number of allylic oxidation sites excluding steroid dienone is 4. The Hall–Kier alpha value is -1.88. The van der Waals surface area contributed by atoms with E-state index in [9.17, 15) is 9.59 Å². The first kappa shape index (κ1) is 23.3. The van der Waals surface area contributed by atoms with E-state index in [-0.39, 0.29) is 28.3 Å². The van der Waals surface area contributed by atoms with Crippen molar-refractivity contribution in [1.82, 2.24) is 4.90 Å². The van der Waals surface area contributed by atoms with E-state index >= 15 is 0 Å². The minimum absolute atomic E-state index is 0.0974. The van der Waals surface area contributed by atoms with Crippen LogP contribution in [0.3, 0.4) is 0 Å². The molecule has 0 saturated heterocycles. The number of ketones is 2. The van der Waals surface area contributed by atoms with E-state index in [0.29, 0.717) is 19.4 Å². The summed E-state index contributed by atoms with van der Waals surface area (Å²) in [5, 5.41) is 0. The van der Waals surface area contributed by atoms with E-state index in [1.807, 2.05) is 25.2 Å². The number of ether oxygens (including phenoxy) is 1. The average Bonchev–Trinajstić information content (AvgIpc) is 2.67. The van der Waals surface area contributed by atoms with E-state index in [2.05, 4.69) is 55.4 Å². The molecule has 3 aliphatic rings. The topological polar surface area (TPSA) is 46.6 Å². The summed E-state index contributed by atoms with van der Waals surface area (Å²) in [6.45, 7) is 11.3. The van der Waals surface area contributed by atoms with Crippen LogP contribution in [-0.4, -0.2) is 30.1 Å². The van der Waals surface area contributed by atoms with Crippen LogP contribution in [0.5, 0.6) is 5.75 Å². The molecule has 0 spiro atoms. The van der Waals surface area contributed by atoms with Crippen molar-refractivity contribution in [3.8, 4) is 5.75 Å². The van der Waals surface area contributed by atoms with Crippen LogP contribution in [0.15, 0.2) is 45.2 Å². The highest BCUT2D eigenvalue weighted by atomic mass is 79.9. The molecule has 1 aromatic carbocycles. The van der Waals surface area contributed by atoms with Crippen LogP contribution in [0.4, 0.5) is 0 Å². The molecule has 5 heteroatoms. The molecule has 0 atom stereocenters. The number of hydrogen-bond donors (Lipinski definition) is 0. The second kappa shape index (κ2) is 8.16. The van der Waals surface area contributed by atoms with Gasteiger partial charge in [0.2, 0.25) is 0 Å². The van der Waals surface area contributed by atoms with Gasteiger partial charge in [0.1, 0.15) is 5.75 Å². The lowest BCUT2D eigenvalue weighted by Gasteiger charge is -2.48. The molecule has 1 heterocycles. The zero-order valence-corrected chi connectivity index (χ0v) is 21.7. The highest BCUT2D eigenvalue weighted by Crippen LogP contribution is 2.55. The summed E-state index contributed by atoms with van der Waals surface area (Å²) in [6, 6.07) is 5.96. The third kappa shape index (κ3) is 4.09. The lowest BCUT2D eigenvalue weighted by molar-refractivity contribution is -0.119. The Morgan fingerprint density at radius 3 is 2.00 bits per heavy atom. The number of hydrogen-bond acceptors (Lipinski definition) is 4. The molecule has 0 radical (unpaired) electrons. The standard InChI is InChI=1S/C27H34BrNO3/c1-7-10-32-22-9-8-16(28)11-17(22)23-24-18(12-26(2,3)14-20(24)30)29(6)19-13-27(4,5)15-21(31)25(19)23/h8-9,11,23H,7,10,12-15H2,1-6H3. The summed E-state index contributed by atoms with van der Waals surface area (Å²) in [7, 11) is 2.04. The van der Waals surface area contributed by atoms with Gasteiger partial charge in [-0.1, -0.05) is 50.5 Å². The normalized spacial score (nSPS) is 22.8. The van der Waals surface area contributed by atoms with Crippen LogP contribution in [-0.2, 0) is 9.59 Å². The fraction of sp³-hybridized carbons (Fsp3) is 0.556. The molecule has 0 aromatic heterocycles. The van der Waals surface area contributed by atoms with Crippen molar-refractivity contribution < 1.29 is 14.3 Å². The molecule has 4 rings (SSSR count). The third-order valence-corrected chi connectivity index (χ3v) is 7.42. The molecule has 2 aliphatic carbocycles. The molecule has 172 valence electrons. The van der Waals surface area contributed by atoms with Crippen LogP contribution in [0.25, 0.3) is 0 Å². The van der Waals surface area contributed by atoms with E-state index in [1.165, 1.54) is 0 Å². The molecule has 0 fully saturated rings. The molecule has 0 saturated carbocycles. The molecule has 0 bridgehead atoms. The predicted octanol–water partition coefficient (Wildman–Crippen LogP) is 6.55. The van der Waals surface area contributed by atoms with Gasteiger partial charge in [0.25, 0.3) is 0 Å². The first-order chi connectivity index (χ1) is 14.9. The van der Waals surface area contributed by atoms with Crippen molar-refractivity contribution in [3.63, 3.8) is 0 Å². The van der Waals surface area contributed by atoms with Gasteiger partial charge < -0.3 is 9.64 Å². The first-order valence-corrected chi connectivity index (χ1v) is 12.4. The van der Waals surface area contributed by atoms with Crippen LogP contribution >= 0.6 is 15.9 Å². The van der Waals surface area contributed by atoms with E-state index in [0.717, 1.165) is 57.6 Å². The molecule has 0 N–H and O–H groups in total. The molecule has 1 aliphatic heterocycles. The Morgan fingerprint density at radius 2 is 1.50 bits per heavy atom. The van der Waals surface area contributed by atoms with E-state index in [1.54, 1.807) is 0 Å². The molecule has 0 amide bonds. The van der Waals surface area contributed by atoms with Gasteiger partial charge in [-0.3, -0.25) is 9.59 Å². The van der Waals surface area contributed by atoms with Crippen molar-refractivity contribution in [2.75, 3.05) is 13.7 Å². The van der Waals surface area contributed by atoms with Crippen molar-refractivity contribution >= 4 is 27.5 Å². The van der Waals surface area contributed by atoms with Gasteiger partial charge in [-0.05, 0) is 48.3 Å². The summed E-state index contributed by atoms with van der Waals surface area (Å²) in [6.07, 6.45) is 3.54. The van der Waals surface area contributed by atoms with Gasteiger partial charge in [0, 0.05) is 58.4 Å². The summed E-state index contributed by atoms with van der Waals surface area (Å²) < 4.78 is 7.05. The van der Waals surface area contributed by atoms with Crippen molar-refractivity contribution in [1.29, 1.82) is 0 Å². The van der Waals surface area contributed by atoms with Gasteiger partial charge in [-0.25, -0.2) is 0 Å². The SMILES string of the molecule is CCCOc1ccc(Br)cc1C1C2=C(CC(C)(C)CC2=O)N(C)C2=C1C(=O)CC(C)(C)C2. The summed E-state index contributed by atoms with van der Waals surface area (Å²) in [4.78, 5) is 29.4. The van der Waals surface area contributed by atoms with Gasteiger partial charge in [0.15, 0.2) is 11.6 Å². The number of nitrogens with zero attached hydrogens (tertiary/aromatic N) is 1. The zero-order valence-electron chi connectivity index (χ0n) is 20.1. The summed E-state index contributed by atoms with van der Waals surface area (Å²) in [5.41, 5.74) is 4.45. The number of rotatable bonds is 4. The number of carbonyl (C=O) groups is 2. The Labute approximate surface area is 200 Å². The lowest BCUT2D eigenvalue weighted by atomic mass is 9.63. The maximum Gasteiger partial charge on any atom is 0.162 e. The predicted molar refractivity (Wildman–Crippen MR) is 131 cm³/mol. The van der Waals surface area contributed by atoms with Gasteiger partial charge in [-0.15, -0.1) is 0 Å². The Balaban J connectivity index is 1.98. The zero-order chi connectivity index (χ0) is 23.4. The smallest absolute Gasteiger partial charge is 0.162 e. The van der Waals surface area contributed by atoms with Gasteiger partial charge in [-0.2, -0.15) is 0 Å². The minimum atomic E-state index is -0.368. The van der Waals surface area contributed by atoms with Crippen molar-refractivity contribution in [2.45, 2.75) is 72.6 Å². The molecular formula is C27H34BrNO3. The van der Waals surface area contributed by atoms with Crippen LogP contribution in [0, 0.1) is 10.8 Å². The summed E-state index contributed by atoms with van der Waals surface area (Å²) >= 11 is 3.62. The molecule has 0 unspecified atom stereocenters. The molecular weight excluding hydrogens is 466 g/mol. The second-order valence-corrected chi connectivity index (χ2v) is 12.0. The summed E-state index contributed by atoms with van der Waals surface area (Å²) in [5.74, 6) is 0.698. The number of benzene rings is 1. The first-order valence-electron chi connectivity index (χ1n) is 11.6. The molecule has 4 nitrogen and oxygen atoms in total. The number of halogens is 1. The lowest BCUT2D eigenvalue weighted by Crippen LogP contribution is -2.43. The monoisotopic (exact) mass is 499 g/mol.